The molecule has 0 aromatic heterocycles. The summed E-state index contributed by atoms with van der Waals surface area (Å²) >= 11 is 2.03. The van der Waals surface area contributed by atoms with Gasteiger partial charge in [-0.25, -0.2) is 5.01 Å². The van der Waals surface area contributed by atoms with Crippen molar-refractivity contribution in [2.45, 2.75) is 18.9 Å². The van der Waals surface area contributed by atoms with Gasteiger partial charge in [-0.1, -0.05) is 0 Å². The fourth-order valence-corrected chi connectivity index (χ4v) is 2.17. The van der Waals surface area contributed by atoms with Crippen molar-refractivity contribution in [3.05, 3.63) is 0 Å². The van der Waals surface area contributed by atoms with Gasteiger partial charge in [-0.2, -0.15) is 11.8 Å². The van der Waals surface area contributed by atoms with Crippen LogP contribution in [0.5, 0.6) is 0 Å². The fraction of sp³-hybridized carbons (Fsp3) is 1.00. The predicted octanol–water partition coefficient (Wildman–Crippen LogP) is 0.688. The van der Waals surface area contributed by atoms with E-state index >= 15 is 0 Å². The van der Waals surface area contributed by atoms with Crippen molar-refractivity contribution in [1.29, 1.82) is 0 Å². The summed E-state index contributed by atoms with van der Waals surface area (Å²) in [5, 5.41) is 1.85. The Labute approximate surface area is 60.8 Å². The number of hydrazine groups is 1. The molecule has 1 aliphatic heterocycles. The second kappa shape index (κ2) is 3.44. The summed E-state index contributed by atoms with van der Waals surface area (Å²) in [4.78, 5) is 0. The molecule has 2 N–H and O–H groups in total. The van der Waals surface area contributed by atoms with E-state index in [2.05, 4.69) is 0 Å². The lowest BCUT2D eigenvalue weighted by atomic mass is 10.1. The van der Waals surface area contributed by atoms with Crippen molar-refractivity contribution < 1.29 is 0 Å². The van der Waals surface area contributed by atoms with Gasteiger partial charge in [0.05, 0.1) is 0 Å². The molecule has 2 nitrogen and oxygen atoms in total. The predicted molar refractivity (Wildman–Crippen MR) is 42.3 cm³/mol. The minimum atomic E-state index is 0.645. The van der Waals surface area contributed by atoms with E-state index in [1.165, 1.54) is 24.3 Å². The largest absolute Gasteiger partial charge is 0.269 e. The zero-order chi connectivity index (χ0) is 6.69. The molecular weight excluding hydrogens is 132 g/mol. The molecule has 3 heteroatoms. The average Bonchev–Trinajstić information content (AvgIpc) is 1.90. The van der Waals surface area contributed by atoms with Crippen molar-refractivity contribution in [3.8, 4) is 0 Å². The van der Waals surface area contributed by atoms with Gasteiger partial charge in [-0.3, -0.25) is 5.84 Å². The minimum Gasteiger partial charge on any atom is -0.269 e. The maximum atomic E-state index is 5.59. The maximum absolute atomic E-state index is 5.59. The number of nitrogens with zero attached hydrogens (tertiary/aromatic N) is 1. The van der Waals surface area contributed by atoms with Crippen molar-refractivity contribution in [3.63, 3.8) is 0 Å². The van der Waals surface area contributed by atoms with Crippen molar-refractivity contribution in [2.24, 2.45) is 5.84 Å². The molecule has 0 aliphatic carbocycles. The van der Waals surface area contributed by atoms with Gasteiger partial charge in [0, 0.05) is 13.1 Å². The van der Waals surface area contributed by atoms with Crippen LogP contribution in [-0.4, -0.2) is 29.6 Å². The molecule has 9 heavy (non-hydrogen) atoms. The Balaban J connectivity index is 2.23. The van der Waals surface area contributed by atoms with Crippen LogP contribution >= 0.6 is 11.8 Å². The molecule has 0 saturated carbocycles. The van der Waals surface area contributed by atoms with Crippen molar-refractivity contribution in [2.75, 3.05) is 18.6 Å². The lowest BCUT2D eigenvalue weighted by Gasteiger charge is -2.26. The van der Waals surface area contributed by atoms with Crippen molar-refractivity contribution >= 4 is 11.8 Å². The molecule has 0 amide bonds. The highest BCUT2D eigenvalue weighted by Gasteiger charge is 2.14. The third kappa shape index (κ3) is 2.16. The van der Waals surface area contributed by atoms with E-state index in [9.17, 15) is 0 Å². The van der Waals surface area contributed by atoms with Crippen molar-refractivity contribution in [1.82, 2.24) is 5.01 Å². The summed E-state index contributed by atoms with van der Waals surface area (Å²) in [6.45, 7) is 0. The molecule has 0 bridgehead atoms. The first-order valence-corrected chi connectivity index (χ1v) is 4.51. The molecule has 1 fully saturated rings. The van der Waals surface area contributed by atoms with Gasteiger partial charge in [-0.05, 0) is 24.3 Å². The van der Waals surface area contributed by atoms with Crippen LogP contribution in [0.1, 0.15) is 12.8 Å². The molecule has 1 saturated heterocycles. The van der Waals surface area contributed by atoms with Crippen LogP contribution in [0.15, 0.2) is 0 Å². The first-order valence-electron chi connectivity index (χ1n) is 3.36. The zero-order valence-electron chi connectivity index (χ0n) is 5.84. The minimum absolute atomic E-state index is 0.645. The molecular formula is C6H14N2S. The molecule has 1 heterocycles. The summed E-state index contributed by atoms with van der Waals surface area (Å²) in [6.07, 6.45) is 2.52. The highest BCUT2D eigenvalue weighted by molar-refractivity contribution is 7.99. The van der Waals surface area contributed by atoms with Gasteiger partial charge >= 0.3 is 0 Å². The Hall–Kier alpha value is 0.270. The number of hydrogen-bond donors (Lipinski definition) is 1. The SMILES string of the molecule is CN(N)C1CCSCC1. The number of nitrogens with two attached hydrogens (primary N) is 1. The monoisotopic (exact) mass is 146 g/mol. The number of hydrogen-bond acceptors (Lipinski definition) is 3. The topological polar surface area (TPSA) is 29.3 Å². The zero-order valence-corrected chi connectivity index (χ0v) is 6.66. The van der Waals surface area contributed by atoms with Gasteiger partial charge in [0.15, 0.2) is 0 Å². The Morgan fingerprint density at radius 3 is 2.33 bits per heavy atom. The van der Waals surface area contributed by atoms with Crippen LogP contribution in [0.3, 0.4) is 0 Å². The summed E-state index contributed by atoms with van der Waals surface area (Å²) in [5.74, 6) is 8.16. The van der Waals surface area contributed by atoms with Crippen LogP contribution in [0.25, 0.3) is 0 Å². The van der Waals surface area contributed by atoms with Crippen LogP contribution < -0.4 is 5.84 Å². The smallest absolute Gasteiger partial charge is 0.0253 e. The van der Waals surface area contributed by atoms with E-state index in [0.29, 0.717) is 6.04 Å². The van der Waals surface area contributed by atoms with Crippen LogP contribution in [-0.2, 0) is 0 Å². The van der Waals surface area contributed by atoms with E-state index in [-0.39, 0.29) is 0 Å². The van der Waals surface area contributed by atoms with Crippen LogP contribution in [0, 0.1) is 0 Å². The Bertz CT molecular complexity index is 79.1. The van der Waals surface area contributed by atoms with E-state index in [0.717, 1.165) is 0 Å². The van der Waals surface area contributed by atoms with Gasteiger partial charge < -0.3 is 0 Å². The van der Waals surface area contributed by atoms with Gasteiger partial charge in [-0.15, -0.1) is 0 Å². The maximum Gasteiger partial charge on any atom is 0.0253 e. The lowest BCUT2D eigenvalue weighted by Crippen LogP contribution is -2.39. The summed E-state index contributed by atoms with van der Waals surface area (Å²) in [7, 11) is 1.96. The summed E-state index contributed by atoms with van der Waals surface area (Å²) in [6, 6.07) is 0.645. The summed E-state index contributed by atoms with van der Waals surface area (Å²) < 4.78 is 0. The Morgan fingerprint density at radius 2 is 2.00 bits per heavy atom. The van der Waals surface area contributed by atoms with E-state index < -0.39 is 0 Å². The molecule has 0 spiro atoms. The van der Waals surface area contributed by atoms with Gasteiger partial charge in [0.1, 0.15) is 0 Å². The number of thioether (sulfide) groups is 1. The van der Waals surface area contributed by atoms with Gasteiger partial charge in [0.25, 0.3) is 0 Å². The standard InChI is InChI=1S/C6H14N2S/c1-8(7)6-2-4-9-5-3-6/h6H,2-5,7H2,1H3. The summed E-state index contributed by atoms with van der Waals surface area (Å²) in [5.41, 5.74) is 0. The highest BCUT2D eigenvalue weighted by atomic mass is 32.2. The fourth-order valence-electron chi connectivity index (χ4n) is 1.09. The first-order chi connectivity index (χ1) is 4.30. The molecule has 0 radical (unpaired) electrons. The first kappa shape index (κ1) is 7.38. The Morgan fingerprint density at radius 1 is 1.44 bits per heavy atom. The normalized spacial score (nSPS) is 23.0. The molecule has 1 rings (SSSR count). The molecule has 0 unspecified atom stereocenters. The number of rotatable bonds is 1. The van der Waals surface area contributed by atoms with E-state index in [1.807, 2.05) is 23.8 Å². The third-order valence-electron chi connectivity index (χ3n) is 1.77. The van der Waals surface area contributed by atoms with Crippen LogP contribution in [0.4, 0.5) is 0 Å². The molecule has 54 valence electrons. The lowest BCUT2D eigenvalue weighted by molar-refractivity contribution is 0.235. The molecule has 1 aliphatic rings. The van der Waals surface area contributed by atoms with E-state index in [1.54, 1.807) is 0 Å². The second-order valence-corrected chi connectivity index (χ2v) is 3.73. The highest BCUT2D eigenvalue weighted by Crippen LogP contribution is 2.18. The molecule has 0 atom stereocenters. The second-order valence-electron chi connectivity index (χ2n) is 2.51. The van der Waals surface area contributed by atoms with Gasteiger partial charge in [0.2, 0.25) is 0 Å². The quantitative estimate of drug-likeness (QED) is 0.436. The van der Waals surface area contributed by atoms with E-state index in [4.69, 9.17) is 5.84 Å². The average molecular weight is 146 g/mol. The Kier molecular flexibility index (Phi) is 2.82. The molecule has 0 aromatic carbocycles. The third-order valence-corrected chi connectivity index (χ3v) is 2.82. The van der Waals surface area contributed by atoms with Crippen LogP contribution in [0.2, 0.25) is 0 Å². The molecule has 0 aromatic rings.